The number of fused-ring (bicyclic) bond motifs is 1. The van der Waals surface area contributed by atoms with Crippen LogP contribution in [0, 0.1) is 6.92 Å². The minimum absolute atomic E-state index is 0.385. The third-order valence-electron chi connectivity index (χ3n) is 3.62. The molecule has 0 fully saturated rings. The Labute approximate surface area is 150 Å². The standard InChI is InChI=1S/C18H16ClN3OS/c1-11-14(19)7-5-8-15(11)20-18(24)22-21-12(2)17-10-13-6-3-4-9-16(13)23-17/h3-10H,1-2H3,(H2,20,22,24)/b21-12-. The average Bonchev–Trinajstić information content (AvgIpc) is 3.01. The fraction of sp³-hybridized carbons (Fsp3) is 0.111. The Morgan fingerprint density at radius 1 is 1.17 bits per heavy atom. The third-order valence-corrected chi connectivity index (χ3v) is 4.23. The number of nitrogens with zero attached hydrogens (tertiary/aromatic N) is 1. The SMILES string of the molecule is C/C(=N/NC(=S)Nc1cccc(Cl)c1C)c1cc2ccccc2o1. The molecule has 0 aliphatic heterocycles. The van der Waals surface area contributed by atoms with Crippen molar-refractivity contribution in [3.05, 3.63) is 64.9 Å². The summed E-state index contributed by atoms with van der Waals surface area (Å²) in [6, 6.07) is 15.4. The van der Waals surface area contributed by atoms with E-state index in [1.807, 2.05) is 62.4 Å². The first kappa shape index (κ1) is 16.5. The lowest BCUT2D eigenvalue weighted by Crippen LogP contribution is -2.25. The molecule has 1 heterocycles. The van der Waals surface area contributed by atoms with Crippen LogP contribution in [0.4, 0.5) is 5.69 Å². The highest BCUT2D eigenvalue weighted by Crippen LogP contribution is 2.23. The van der Waals surface area contributed by atoms with Gasteiger partial charge >= 0.3 is 0 Å². The lowest BCUT2D eigenvalue weighted by molar-refractivity contribution is 0.603. The predicted molar refractivity (Wildman–Crippen MR) is 104 cm³/mol. The number of anilines is 1. The quantitative estimate of drug-likeness (QED) is 0.388. The number of hydrogen-bond acceptors (Lipinski definition) is 3. The van der Waals surface area contributed by atoms with Crippen molar-refractivity contribution in [2.75, 3.05) is 5.32 Å². The summed E-state index contributed by atoms with van der Waals surface area (Å²) in [6.07, 6.45) is 0. The molecule has 4 nitrogen and oxygen atoms in total. The van der Waals surface area contributed by atoms with E-state index in [1.165, 1.54) is 0 Å². The lowest BCUT2D eigenvalue weighted by atomic mass is 10.2. The monoisotopic (exact) mass is 357 g/mol. The molecule has 0 amide bonds. The van der Waals surface area contributed by atoms with Crippen molar-refractivity contribution in [2.45, 2.75) is 13.8 Å². The van der Waals surface area contributed by atoms with Gasteiger partial charge in [0.15, 0.2) is 10.9 Å². The molecule has 0 atom stereocenters. The van der Waals surface area contributed by atoms with E-state index in [9.17, 15) is 0 Å². The Balaban J connectivity index is 1.70. The summed E-state index contributed by atoms with van der Waals surface area (Å²) in [6.45, 7) is 3.79. The van der Waals surface area contributed by atoms with Gasteiger partial charge in [-0.25, -0.2) is 0 Å². The van der Waals surface area contributed by atoms with Gasteiger partial charge in [0.1, 0.15) is 11.3 Å². The van der Waals surface area contributed by atoms with Gasteiger partial charge in [-0.15, -0.1) is 0 Å². The highest BCUT2D eigenvalue weighted by Gasteiger charge is 2.07. The minimum atomic E-state index is 0.385. The zero-order chi connectivity index (χ0) is 17.1. The van der Waals surface area contributed by atoms with Gasteiger partial charge in [-0.2, -0.15) is 5.10 Å². The van der Waals surface area contributed by atoms with E-state index in [0.29, 0.717) is 21.6 Å². The van der Waals surface area contributed by atoms with Gasteiger partial charge in [0, 0.05) is 16.1 Å². The molecule has 0 aliphatic carbocycles. The summed E-state index contributed by atoms with van der Waals surface area (Å²) in [7, 11) is 0. The smallest absolute Gasteiger partial charge is 0.191 e. The summed E-state index contributed by atoms with van der Waals surface area (Å²) < 4.78 is 5.76. The van der Waals surface area contributed by atoms with E-state index in [2.05, 4.69) is 15.8 Å². The molecule has 0 saturated carbocycles. The molecule has 3 rings (SSSR count). The highest BCUT2D eigenvalue weighted by atomic mass is 35.5. The summed E-state index contributed by atoms with van der Waals surface area (Å²) in [5.74, 6) is 0.699. The number of furan rings is 1. The van der Waals surface area contributed by atoms with Gasteiger partial charge in [-0.3, -0.25) is 5.43 Å². The molecular formula is C18H16ClN3OS. The molecule has 0 spiro atoms. The predicted octanol–water partition coefficient (Wildman–Crippen LogP) is 5.11. The number of halogens is 1. The molecule has 0 saturated heterocycles. The van der Waals surface area contributed by atoms with Crippen LogP contribution < -0.4 is 10.7 Å². The van der Waals surface area contributed by atoms with Crippen LogP contribution in [0.5, 0.6) is 0 Å². The Kier molecular flexibility index (Phi) is 4.83. The van der Waals surface area contributed by atoms with Gasteiger partial charge < -0.3 is 9.73 Å². The maximum absolute atomic E-state index is 6.10. The van der Waals surface area contributed by atoms with Crippen LogP contribution in [-0.2, 0) is 0 Å². The molecular weight excluding hydrogens is 342 g/mol. The van der Waals surface area contributed by atoms with Crippen LogP contribution >= 0.6 is 23.8 Å². The van der Waals surface area contributed by atoms with Gasteiger partial charge in [0.25, 0.3) is 0 Å². The van der Waals surface area contributed by atoms with Gasteiger partial charge in [0.2, 0.25) is 0 Å². The Morgan fingerprint density at radius 2 is 1.96 bits per heavy atom. The Hall–Kier alpha value is -2.37. The van der Waals surface area contributed by atoms with Crippen LogP contribution in [0.25, 0.3) is 11.0 Å². The number of rotatable bonds is 3. The van der Waals surface area contributed by atoms with Crippen molar-refractivity contribution in [1.29, 1.82) is 0 Å². The second-order valence-electron chi connectivity index (χ2n) is 5.32. The molecule has 24 heavy (non-hydrogen) atoms. The van der Waals surface area contributed by atoms with Crippen LogP contribution in [0.2, 0.25) is 5.02 Å². The van der Waals surface area contributed by atoms with Crippen LogP contribution in [-0.4, -0.2) is 10.8 Å². The summed E-state index contributed by atoms with van der Waals surface area (Å²) in [5.41, 5.74) is 6.14. The largest absolute Gasteiger partial charge is 0.455 e. The molecule has 6 heteroatoms. The first-order valence-corrected chi connectivity index (χ1v) is 8.18. The van der Waals surface area contributed by atoms with E-state index in [0.717, 1.165) is 22.2 Å². The average molecular weight is 358 g/mol. The van der Waals surface area contributed by atoms with E-state index >= 15 is 0 Å². The molecule has 0 radical (unpaired) electrons. The molecule has 3 aromatic rings. The fourth-order valence-electron chi connectivity index (χ4n) is 2.24. The number of hydrazone groups is 1. The Bertz CT molecular complexity index is 900. The number of thiocarbonyl (C=S) groups is 1. The van der Waals surface area contributed by atoms with Crippen LogP contribution in [0.15, 0.2) is 58.0 Å². The van der Waals surface area contributed by atoms with E-state index < -0.39 is 0 Å². The number of nitrogens with one attached hydrogen (secondary N) is 2. The molecule has 0 unspecified atom stereocenters. The second-order valence-corrected chi connectivity index (χ2v) is 6.14. The van der Waals surface area contributed by atoms with Crippen LogP contribution in [0.1, 0.15) is 18.2 Å². The summed E-state index contributed by atoms with van der Waals surface area (Å²) in [5, 5.41) is 9.47. The maximum atomic E-state index is 6.10. The van der Waals surface area contributed by atoms with E-state index in [4.69, 9.17) is 28.2 Å². The lowest BCUT2D eigenvalue weighted by Gasteiger charge is -2.11. The van der Waals surface area contributed by atoms with Gasteiger partial charge in [0.05, 0.1) is 0 Å². The molecule has 2 aromatic carbocycles. The topological polar surface area (TPSA) is 49.6 Å². The third kappa shape index (κ3) is 3.58. The van der Waals surface area contributed by atoms with Gasteiger partial charge in [-0.1, -0.05) is 35.9 Å². The van der Waals surface area contributed by atoms with Gasteiger partial charge in [-0.05, 0) is 55.9 Å². The first-order valence-electron chi connectivity index (χ1n) is 7.40. The van der Waals surface area contributed by atoms with Crippen molar-refractivity contribution in [2.24, 2.45) is 5.10 Å². The van der Waals surface area contributed by atoms with Crippen molar-refractivity contribution >= 4 is 51.3 Å². The van der Waals surface area contributed by atoms with E-state index in [1.54, 1.807) is 0 Å². The minimum Gasteiger partial charge on any atom is -0.455 e. The highest BCUT2D eigenvalue weighted by molar-refractivity contribution is 7.80. The normalized spacial score (nSPS) is 11.5. The molecule has 2 N–H and O–H groups in total. The first-order chi connectivity index (χ1) is 11.5. The summed E-state index contributed by atoms with van der Waals surface area (Å²) >= 11 is 11.4. The molecule has 1 aromatic heterocycles. The summed E-state index contributed by atoms with van der Waals surface area (Å²) in [4.78, 5) is 0. The Morgan fingerprint density at radius 3 is 2.75 bits per heavy atom. The number of benzene rings is 2. The van der Waals surface area contributed by atoms with Crippen molar-refractivity contribution in [3.63, 3.8) is 0 Å². The zero-order valence-electron chi connectivity index (χ0n) is 13.3. The maximum Gasteiger partial charge on any atom is 0.191 e. The van der Waals surface area contributed by atoms with E-state index in [-0.39, 0.29) is 0 Å². The van der Waals surface area contributed by atoms with Crippen molar-refractivity contribution < 1.29 is 4.42 Å². The van der Waals surface area contributed by atoms with Crippen molar-refractivity contribution in [3.8, 4) is 0 Å². The second kappa shape index (κ2) is 7.03. The number of para-hydroxylation sites is 1. The van der Waals surface area contributed by atoms with Crippen molar-refractivity contribution in [1.82, 2.24) is 5.43 Å². The molecule has 122 valence electrons. The number of hydrogen-bond donors (Lipinski definition) is 2. The van der Waals surface area contributed by atoms with Crippen LogP contribution in [0.3, 0.4) is 0 Å². The molecule has 0 aliphatic rings. The fourth-order valence-corrected chi connectivity index (χ4v) is 2.57. The molecule has 0 bridgehead atoms. The zero-order valence-corrected chi connectivity index (χ0v) is 14.8.